The first-order valence-electron chi connectivity index (χ1n) is 8.01. The lowest BCUT2D eigenvalue weighted by atomic mass is 10.1. The van der Waals surface area contributed by atoms with Crippen LogP contribution in [0, 0.1) is 0 Å². The number of nitrogens with zero attached hydrogens (tertiary/aromatic N) is 1. The van der Waals surface area contributed by atoms with Gasteiger partial charge in [-0.3, -0.25) is 0 Å². The zero-order chi connectivity index (χ0) is 17.1. The lowest BCUT2D eigenvalue weighted by Crippen LogP contribution is -2.17. The van der Waals surface area contributed by atoms with Crippen molar-refractivity contribution in [2.24, 2.45) is 0 Å². The summed E-state index contributed by atoms with van der Waals surface area (Å²) in [4.78, 5) is 13.5. The summed E-state index contributed by atoms with van der Waals surface area (Å²) in [6, 6.07) is 25.1. The number of ether oxygens (including phenoxy) is 1. The second kappa shape index (κ2) is 6.95. The van der Waals surface area contributed by atoms with E-state index in [2.05, 4.69) is 22.9 Å². The Balaban J connectivity index is 1.65. The van der Waals surface area contributed by atoms with Crippen LogP contribution in [-0.4, -0.2) is 22.6 Å². The van der Waals surface area contributed by atoms with E-state index in [0.29, 0.717) is 11.3 Å². The molecule has 3 aromatic rings. The highest BCUT2D eigenvalue weighted by molar-refractivity contribution is 7.99. The maximum absolute atomic E-state index is 12.6. The largest absolute Gasteiger partial charge is 0.423 e. The molecule has 0 unspecified atom stereocenters. The second-order valence-electron chi connectivity index (χ2n) is 5.63. The number of carbonyl (C=O) groups excluding carboxylic acids is 1. The molecule has 4 heteroatoms. The summed E-state index contributed by atoms with van der Waals surface area (Å²) in [7, 11) is 0. The molecule has 4 rings (SSSR count). The SMILES string of the molecule is O=C(Oc1ccccc1)c1cccc2c1SC[N+](c1ccccc1)=C2. The van der Waals surface area contributed by atoms with Crippen LogP contribution in [0.3, 0.4) is 0 Å². The number of para-hydroxylation sites is 2. The average Bonchev–Trinajstić information content (AvgIpc) is 2.68. The minimum Gasteiger partial charge on any atom is -0.423 e. The molecule has 122 valence electrons. The lowest BCUT2D eigenvalue weighted by molar-refractivity contribution is -0.411. The zero-order valence-electron chi connectivity index (χ0n) is 13.5. The highest BCUT2D eigenvalue weighted by Gasteiger charge is 2.24. The van der Waals surface area contributed by atoms with E-state index in [-0.39, 0.29) is 5.97 Å². The highest BCUT2D eigenvalue weighted by atomic mass is 32.2. The Morgan fingerprint density at radius 2 is 1.60 bits per heavy atom. The molecule has 25 heavy (non-hydrogen) atoms. The molecule has 0 saturated heterocycles. The molecule has 0 saturated carbocycles. The predicted octanol–water partition coefficient (Wildman–Crippen LogP) is 4.73. The molecule has 0 atom stereocenters. The van der Waals surface area contributed by atoms with E-state index in [0.717, 1.165) is 22.0 Å². The van der Waals surface area contributed by atoms with E-state index in [9.17, 15) is 4.79 Å². The van der Waals surface area contributed by atoms with Crippen LogP contribution in [0.4, 0.5) is 5.69 Å². The van der Waals surface area contributed by atoms with Gasteiger partial charge in [-0.1, -0.05) is 54.2 Å². The summed E-state index contributed by atoms with van der Waals surface area (Å²) in [6.45, 7) is 0. The van der Waals surface area contributed by atoms with Crippen LogP contribution in [0.5, 0.6) is 5.75 Å². The molecule has 0 aromatic heterocycles. The molecule has 0 fully saturated rings. The van der Waals surface area contributed by atoms with Gasteiger partial charge in [0.1, 0.15) is 5.75 Å². The molecule has 1 heterocycles. The van der Waals surface area contributed by atoms with Crippen LogP contribution in [0.1, 0.15) is 15.9 Å². The first-order chi connectivity index (χ1) is 12.3. The summed E-state index contributed by atoms with van der Waals surface area (Å²) >= 11 is 1.65. The van der Waals surface area contributed by atoms with Crippen molar-refractivity contribution in [1.29, 1.82) is 0 Å². The van der Waals surface area contributed by atoms with Crippen LogP contribution in [0.15, 0.2) is 83.8 Å². The molecule has 1 aliphatic rings. The van der Waals surface area contributed by atoms with Gasteiger partial charge >= 0.3 is 5.97 Å². The Hall–Kier alpha value is -2.85. The van der Waals surface area contributed by atoms with E-state index in [1.54, 1.807) is 23.9 Å². The number of hydrogen-bond acceptors (Lipinski definition) is 3. The minimum atomic E-state index is -0.322. The molecule has 1 aliphatic heterocycles. The number of hydrogen-bond donors (Lipinski definition) is 0. The summed E-state index contributed by atoms with van der Waals surface area (Å²) in [5, 5.41) is 0. The molecule has 0 spiro atoms. The topological polar surface area (TPSA) is 29.3 Å². The third kappa shape index (κ3) is 3.35. The van der Waals surface area contributed by atoms with Crippen molar-refractivity contribution in [3.8, 4) is 5.75 Å². The summed E-state index contributed by atoms with van der Waals surface area (Å²) in [5.74, 6) is 0.991. The third-order valence-corrected chi connectivity index (χ3v) is 5.10. The van der Waals surface area contributed by atoms with Gasteiger partial charge in [0, 0.05) is 17.0 Å². The fraction of sp³-hybridized carbons (Fsp3) is 0.0476. The summed E-state index contributed by atoms with van der Waals surface area (Å²) in [5.41, 5.74) is 2.77. The summed E-state index contributed by atoms with van der Waals surface area (Å²) in [6.07, 6.45) is 2.08. The minimum absolute atomic E-state index is 0.322. The van der Waals surface area contributed by atoms with Gasteiger partial charge in [-0.15, -0.1) is 0 Å². The molecule has 3 nitrogen and oxygen atoms in total. The Bertz CT molecular complexity index is 937. The molecule has 0 radical (unpaired) electrons. The van der Waals surface area contributed by atoms with Gasteiger partial charge in [0.2, 0.25) is 5.69 Å². The number of carbonyl (C=O) groups is 1. The van der Waals surface area contributed by atoms with Crippen molar-refractivity contribution in [2.75, 3.05) is 5.88 Å². The Kier molecular flexibility index (Phi) is 4.36. The van der Waals surface area contributed by atoms with Gasteiger partial charge in [0.25, 0.3) is 0 Å². The van der Waals surface area contributed by atoms with Crippen LogP contribution in [0.25, 0.3) is 0 Å². The molecular formula is C21H16NO2S+. The van der Waals surface area contributed by atoms with Gasteiger partial charge in [-0.25, -0.2) is 4.79 Å². The van der Waals surface area contributed by atoms with Crippen molar-refractivity contribution in [3.05, 3.63) is 90.0 Å². The monoisotopic (exact) mass is 346 g/mol. The Labute approximate surface area is 150 Å². The lowest BCUT2D eigenvalue weighted by Gasteiger charge is -2.14. The Morgan fingerprint density at radius 1 is 0.880 bits per heavy atom. The molecule has 0 bridgehead atoms. The maximum atomic E-state index is 12.6. The van der Waals surface area contributed by atoms with Crippen molar-refractivity contribution in [2.45, 2.75) is 4.90 Å². The molecule has 0 amide bonds. The van der Waals surface area contributed by atoms with Gasteiger partial charge < -0.3 is 4.74 Å². The smallest absolute Gasteiger partial charge is 0.344 e. The van der Waals surface area contributed by atoms with Gasteiger partial charge in [-0.05, 0) is 24.3 Å². The summed E-state index contributed by atoms with van der Waals surface area (Å²) < 4.78 is 7.68. The normalized spacial score (nSPS) is 12.9. The standard InChI is InChI=1S/C21H16NO2S/c23-21(24-18-11-5-2-6-12-18)19-13-7-8-16-14-22(15-25-20(16)19)17-9-3-1-4-10-17/h1-14H,15H2/q+1. The first kappa shape index (κ1) is 15.7. The fourth-order valence-corrected chi connectivity index (χ4v) is 3.82. The first-order valence-corrected chi connectivity index (χ1v) is 8.99. The average molecular weight is 346 g/mol. The van der Waals surface area contributed by atoms with Crippen LogP contribution < -0.4 is 4.74 Å². The van der Waals surface area contributed by atoms with Gasteiger partial charge in [0.15, 0.2) is 12.1 Å². The van der Waals surface area contributed by atoms with Crippen LogP contribution >= 0.6 is 11.8 Å². The van der Waals surface area contributed by atoms with Crippen LogP contribution in [-0.2, 0) is 0 Å². The Morgan fingerprint density at radius 3 is 2.36 bits per heavy atom. The van der Waals surface area contributed by atoms with Crippen molar-refractivity contribution < 1.29 is 14.1 Å². The van der Waals surface area contributed by atoms with E-state index in [1.165, 1.54) is 0 Å². The predicted molar refractivity (Wildman–Crippen MR) is 100 cm³/mol. The van der Waals surface area contributed by atoms with E-state index >= 15 is 0 Å². The maximum Gasteiger partial charge on any atom is 0.344 e. The number of thioether (sulfide) groups is 1. The number of benzene rings is 3. The number of rotatable bonds is 3. The second-order valence-corrected chi connectivity index (χ2v) is 6.59. The molecule has 0 aliphatic carbocycles. The molecule has 0 N–H and O–H groups in total. The fourth-order valence-electron chi connectivity index (χ4n) is 2.74. The quantitative estimate of drug-likeness (QED) is 0.390. The van der Waals surface area contributed by atoms with Crippen molar-refractivity contribution in [3.63, 3.8) is 0 Å². The zero-order valence-corrected chi connectivity index (χ0v) is 14.3. The van der Waals surface area contributed by atoms with E-state index in [1.807, 2.05) is 54.6 Å². The van der Waals surface area contributed by atoms with Gasteiger partial charge in [0.05, 0.1) is 11.1 Å². The van der Waals surface area contributed by atoms with Crippen molar-refractivity contribution in [1.82, 2.24) is 0 Å². The molecular weight excluding hydrogens is 330 g/mol. The third-order valence-electron chi connectivity index (χ3n) is 3.95. The van der Waals surface area contributed by atoms with Gasteiger partial charge in [-0.2, -0.15) is 4.58 Å². The molecule has 3 aromatic carbocycles. The number of esters is 1. The van der Waals surface area contributed by atoms with E-state index in [4.69, 9.17) is 4.74 Å². The van der Waals surface area contributed by atoms with Crippen LogP contribution in [0.2, 0.25) is 0 Å². The highest BCUT2D eigenvalue weighted by Crippen LogP contribution is 2.32. The van der Waals surface area contributed by atoms with E-state index < -0.39 is 0 Å². The van der Waals surface area contributed by atoms with Crippen molar-refractivity contribution >= 4 is 29.6 Å². The number of fused-ring (bicyclic) bond motifs is 1.